The van der Waals surface area contributed by atoms with Crippen LogP contribution in [0.3, 0.4) is 0 Å². The van der Waals surface area contributed by atoms with Crippen molar-refractivity contribution in [2.24, 2.45) is 7.05 Å². The number of nitrogen functional groups attached to an aromatic ring is 1. The van der Waals surface area contributed by atoms with Gasteiger partial charge >= 0.3 is 0 Å². The zero-order valence-corrected chi connectivity index (χ0v) is 9.85. The second kappa shape index (κ2) is 3.99. The predicted molar refractivity (Wildman–Crippen MR) is 68.0 cm³/mol. The lowest BCUT2D eigenvalue weighted by atomic mass is 10.1. The largest absolute Gasteiger partial charge is 0.383 e. The van der Waals surface area contributed by atoms with Crippen molar-refractivity contribution in [2.75, 3.05) is 5.73 Å². The molecule has 0 bridgehead atoms. The molecule has 0 aliphatic heterocycles. The monoisotopic (exact) mass is 240 g/mol. The van der Waals surface area contributed by atoms with Gasteiger partial charge in [0.1, 0.15) is 5.82 Å². The molecule has 3 aromatic rings. The van der Waals surface area contributed by atoms with E-state index in [9.17, 15) is 0 Å². The molecule has 2 aromatic heterocycles. The highest BCUT2D eigenvalue weighted by atomic mass is 15.5. The molecule has 1 aromatic carbocycles. The van der Waals surface area contributed by atoms with Crippen LogP contribution in [-0.2, 0) is 7.05 Å². The van der Waals surface area contributed by atoms with E-state index in [1.54, 1.807) is 28.1 Å². The van der Waals surface area contributed by atoms with E-state index in [2.05, 4.69) is 15.3 Å². The fraction of sp³-hybridized carbons (Fsp3) is 0.0833. The maximum Gasteiger partial charge on any atom is 0.129 e. The molecule has 0 aliphatic rings. The third-order valence-electron chi connectivity index (χ3n) is 2.81. The Bertz CT molecular complexity index is 650. The molecule has 2 N–H and O–H groups in total. The van der Waals surface area contributed by atoms with E-state index in [4.69, 9.17) is 5.73 Å². The smallest absolute Gasteiger partial charge is 0.129 e. The molecular weight excluding hydrogens is 228 g/mol. The zero-order chi connectivity index (χ0) is 12.5. The summed E-state index contributed by atoms with van der Waals surface area (Å²) >= 11 is 0. The Morgan fingerprint density at radius 2 is 1.67 bits per heavy atom. The standard InChI is InChI=1S/C12H12N6/c1-17-12(13)11(8-16-17)9-2-4-10(5-3-9)18-14-6-7-15-18/h2-8H,13H2,1H3. The number of nitrogens with zero attached hydrogens (tertiary/aromatic N) is 5. The Labute approximate surface area is 104 Å². The van der Waals surface area contributed by atoms with Gasteiger partial charge in [-0.1, -0.05) is 12.1 Å². The first-order chi connectivity index (χ1) is 8.75. The van der Waals surface area contributed by atoms with Crippen LogP contribution in [-0.4, -0.2) is 24.8 Å². The van der Waals surface area contributed by atoms with Gasteiger partial charge in [0.2, 0.25) is 0 Å². The van der Waals surface area contributed by atoms with Gasteiger partial charge in [0, 0.05) is 12.6 Å². The van der Waals surface area contributed by atoms with Crippen molar-refractivity contribution in [3.63, 3.8) is 0 Å². The van der Waals surface area contributed by atoms with Gasteiger partial charge in [-0.25, -0.2) is 0 Å². The first kappa shape index (κ1) is 10.5. The van der Waals surface area contributed by atoms with Gasteiger partial charge in [-0.2, -0.15) is 20.1 Å². The number of hydrogen-bond donors (Lipinski definition) is 1. The normalized spacial score (nSPS) is 10.7. The van der Waals surface area contributed by atoms with E-state index < -0.39 is 0 Å². The van der Waals surface area contributed by atoms with Crippen molar-refractivity contribution in [1.82, 2.24) is 24.8 Å². The van der Waals surface area contributed by atoms with Gasteiger partial charge in [0.15, 0.2) is 0 Å². The number of hydrogen-bond acceptors (Lipinski definition) is 4. The Morgan fingerprint density at radius 1 is 1.00 bits per heavy atom. The number of anilines is 1. The van der Waals surface area contributed by atoms with Gasteiger partial charge in [-0.15, -0.1) is 0 Å². The van der Waals surface area contributed by atoms with Gasteiger partial charge in [-0.3, -0.25) is 4.68 Å². The van der Waals surface area contributed by atoms with Crippen LogP contribution in [0.25, 0.3) is 16.8 Å². The maximum atomic E-state index is 5.94. The summed E-state index contributed by atoms with van der Waals surface area (Å²) in [6.07, 6.45) is 5.05. The van der Waals surface area contributed by atoms with Crippen LogP contribution < -0.4 is 5.73 Å². The van der Waals surface area contributed by atoms with Gasteiger partial charge < -0.3 is 5.73 Å². The quantitative estimate of drug-likeness (QED) is 0.731. The summed E-state index contributed by atoms with van der Waals surface area (Å²) in [5.41, 5.74) is 8.80. The Morgan fingerprint density at radius 3 is 2.22 bits per heavy atom. The molecule has 0 aliphatic carbocycles. The van der Waals surface area contributed by atoms with Crippen molar-refractivity contribution < 1.29 is 0 Å². The average Bonchev–Trinajstić information content (AvgIpc) is 3.02. The molecule has 3 rings (SSSR count). The molecule has 0 saturated heterocycles. The molecule has 0 fully saturated rings. The third-order valence-corrected chi connectivity index (χ3v) is 2.81. The molecule has 90 valence electrons. The number of nitrogens with two attached hydrogens (primary N) is 1. The summed E-state index contributed by atoms with van der Waals surface area (Å²) in [6, 6.07) is 7.85. The first-order valence-corrected chi connectivity index (χ1v) is 5.50. The maximum absolute atomic E-state index is 5.94. The van der Waals surface area contributed by atoms with E-state index in [0.29, 0.717) is 5.82 Å². The summed E-state index contributed by atoms with van der Waals surface area (Å²) in [5, 5.41) is 12.3. The molecule has 6 nitrogen and oxygen atoms in total. The summed E-state index contributed by atoms with van der Waals surface area (Å²) < 4.78 is 1.65. The van der Waals surface area contributed by atoms with Gasteiger partial charge in [-0.05, 0) is 17.7 Å². The highest BCUT2D eigenvalue weighted by Gasteiger charge is 2.07. The fourth-order valence-corrected chi connectivity index (χ4v) is 1.79. The Kier molecular flexibility index (Phi) is 2.33. The lowest BCUT2D eigenvalue weighted by molar-refractivity contribution is 0.752. The van der Waals surface area contributed by atoms with Crippen LogP contribution in [0.2, 0.25) is 0 Å². The average molecular weight is 240 g/mol. The third kappa shape index (κ3) is 1.64. The van der Waals surface area contributed by atoms with Gasteiger partial charge in [0.25, 0.3) is 0 Å². The highest BCUT2D eigenvalue weighted by molar-refractivity contribution is 5.73. The molecule has 2 heterocycles. The first-order valence-electron chi connectivity index (χ1n) is 5.50. The van der Waals surface area contributed by atoms with E-state index in [1.807, 2.05) is 31.3 Å². The molecule has 0 spiro atoms. The fourth-order valence-electron chi connectivity index (χ4n) is 1.79. The summed E-state index contributed by atoms with van der Waals surface area (Å²) in [6.45, 7) is 0. The molecule has 6 heteroatoms. The van der Waals surface area contributed by atoms with E-state index in [-0.39, 0.29) is 0 Å². The molecular formula is C12H12N6. The molecule has 18 heavy (non-hydrogen) atoms. The number of rotatable bonds is 2. The molecule has 0 unspecified atom stereocenters. The van der Waals surface area contributed by atoms with E-state index in [0.717, 1.165) is 16.8 Å². The number of benzene rings is 1. The molecule has 0 radical (unpaired) electrons. The summed E-state index contributed by atoms with van der Waals surface area (Å²) in [5.74, 6) is 0.653. The second-order valence-electron chi connectivity index (χ2n) is 3.93. The van der Waals surface area contributed by atoms with Crippen LogP contribution >= 0.6 is 0 Å². The molecule has 0 saturated carbocycles. The van der Waals surface area contributed by atoms with Crippen LogP contribution in [0, 0.1) is 0 Å². The zero-order valence-electron chi connectivity index (χ0n) is 9.85. The second-order valence-corrected chi connectivity index (χ2v) is 3.93. The molecule has 0 atom stereocenters. The van der Waals surface area contributed by atoms with Crippen LogP contribution in [0.4, 0.5) is 5.82 Å². The molecule has 0 amide bonds. The van der Waals surface area contributed by atoms with Crippen molar-refractivity contribution in [3.05, 3.63) is 42.9 Å². The van der Waals surface area contributed by atoms with Gasteiger partial charge in [0.05, 0.1) is 24.3 Å². The van der Waals surface area contributed by atoms with Crippen LogP contribution in [0.1, 0.15) is 0 Å². The minimum absolute atomic E-state index is 0.653. The highest BCUT2D eigenvalue weighted by Crippen LogP contribution is 2.25. The van der Waals surface area contributed by atoms with Crippen molar-refractivity contribution in [1.29, 1.82) is 0 Å². The lowest BCUT2D eigenvalue weighted by Crippen LogP contribution is -1.99. The topological polar surface area (TPSA) is 74.5 Å². The summed E-state index contributed by atoms with van der Waals surface area (Å²) in [4.78, 5) is 1.57. The number of aryl methyl sites for hydroxylation is 1. The minimum atomic E-state index is 0.653. The summed E-state index contributed by atoms with van der Waals surface area (Å²) in [7, 11) is 1.82. The van der Waals surface area contributed by atoms with E-state index in [1.165, 1.54) is 0 Å². The van der Waals surface area contributed by atoms with Crippen molar-refractivity contribution in [3.8, 4) is 16.8 Å². The van der Waals surface area contributed by atoms with E-state index >= 15 is 0 Å². The SMILES string of the molecule is Cn1ncc(-c2ccc(-n3nccn3)cc2)c1N. The lowest BCUT2D eigenvalue weighted by Gasteiger charge is -2.03. The predicted octanol–water partition coefficient (Wildman–Crippen LogP) is 1.25. The van der Waals surface area contributed by atoms with Crippen molar-refractivity contribution >= 4 is 5.82 Å². The minimum Gasteiger partial charge on any atom is -0.383 e. The Balaban J connectivity index is 1.99. The van der Waals surface area contributed by atoms with Crippen LogP contribution in [0.5, 0.6) is 0 Å². The number of aromatic nitrogens is 5. The Hall–Kier alpha value is -2.63. The van der Waals surface area contributed by atoms with Crippen molar-refractivity contribution in [2.45, 2.75) is 0 Å². The van der Waals surface area contributed by atoms with Crippen LogP contribution in [0.15, 0.2) is 42.9 Å².